The van der Waals surface area contributed by atoms with Crippen LogP contribution in [0.5, 0.6) is 0 Å². The predicted octanol–water partition coefficient (Wildman–Crippen LogP) is 5.22. The molecule has 0 aromatic heterocycles. The van der Waals surface area contributed by atoms with Gasteiger partial charge in [-0.3, -0.25) is 0 Å². The topological polar surface area (TPSA) is 0 Å². The Hall–Kier alpha value is -1.63. The molecule has 2 aliphatic rings. The molecule has 0 saturated heterocycles. The van der Waals surface area contributed by atoms with Gasteiger partial charge < -0.3 is 0 Å². The molecule has 0 radical (unpaired) electrons. The number of halogens is 1. The maximum atomic E-state index is 13.6. The van der Waals surface area contributed by atoms with Crippen molar-refractivity contribution < 1.29 is 4.39 Å². The molecular formula is C20H21F. The van der Waals surface area contributed by atoms with E-state index in [9.17, 15) is 4.39 Å². The summed E-state index contributed by atoms with van der Waals surface area (Å²) >= 11 is 0. The van der Waals surface area contributed by atoms with Crippen molar-refractivity contribution in [2.75, 3.05) is 0 Å². The highest BCUT2D eigenvalue weighted by Crippen LogP contribution is 2.55. The molecule has 21 heavy (non-hydrogen) atoms. The summed E-state index contributed by atoms with van der Waals surface area (Å²) in [6.45, 7) is 4.73. The first-order valence-electron chi connectivity index (χ1n) is 7.93. The van der Waals surface area contributed by atoms with Gasteiger partial charge in [-0.2, -0.15) is 0 Å². The van der Waals surface area contributed by atoms with Gasteiger partial charge in [0.25, 0.3) is 0 Å². The van der Waals surface area contributed by atoms with Crippen molar-refractivity contribution in [3.63, 3.8) is 0 Å². The third kappa shape index (κ3) is 1.94. The molecule has 3 unspecified atom stereocenters. The Morgan fingerprint density at radius 3 is 2.62 bits per heavy atom. The van der Waals surface area contributed by atoms with E-state index >= 15 is 0 Å². The molecule has 0 spiro atoms. The summed E-state index contributed by atoms with van der Waals surface area (Å²) in [5.41, 5.74) is 5.85. The quantitative estimate of drug-likeness (QED) is 0.620. The minimum atomic E-state index is -0.0951. The Kier molecular flexibility index (Phi) is 2.76. The van der Waals surface area contributed by atoms with Crippen LogP contribution in [-0.4, -0.2) is 0 Å². The first kappa shape index (κ1) is 13.1. The van der Waals surface area contributed by atoms with Crippen molar-refractivity contribution in [3.05, 3.63) is 70.5 Å². The Balaban J connectivity index is 1.83. The fourth-order valence-corrected chi connectivity index (χ4v) is 4.69. The van der Waals surface area contributed by atoms with E-state index in [0.717, 1.165) is 12.8 Å². The Bertz CT molecular complexity index is 703. The lowest BCUT2D eigenvalue weighted by atomic mass is 9.73. The highest BCUT2D eigenvalue weighted by Gasteiger charge is 2.45. The molecule has 3 atom stereocenters. The zero-order valence-corrected chi connectivity index (χ0v) is 12.7. The van der Waals surface area contributed by atoms with Crippen LogP contribution < -0.4 is 0 Å². The van der Waals surface area contributed by atoms with Gasteiger partial charge in [-0.05, 0) is 70.9 Å². The van der Waals surface area contributed by atoms with Gasteiger partial charge in [0, 0.05) is 0 Å². The van der Waals surface area contributed by atoms with Gasteiger partial charge in [0.05, 0.1) is 0 Å². The molecule has 0 amide bonds. The van der Waals surface area contributed by atoms with Crippen molar-refractivity contribution in [1.29, 1.82) is 0 Å². The second-order valence-corrected chi connectivity index (χ2v) is 7.24. The summed E-state index contributed by atoms with van der Waals surface area (Å²) < 4.78 is 13.6. The van der Waals surface area contributed by atoms with E-state index in [1.54, 1.807) is 12.1 Å². The molecule has 2 aromatic carbocycles. The smallest absolute Gasteiger partial charge is 0.123 e. The Morgan fingerprint density at radius 2 is 1.76 bits per heavy atom. The van der Waals surface area contributed by atoms with Gasteiger partial charge in [-0.1, -0.05) is 44.2 Å². The molecule has 0 saturated carbocycles. The summed E-state index contributed by atoms with van der Waals surface area (Å²) in [7, 11) is 0. The van der Waals surface area contributed by atoms with Gasteiger partial charge in [-0.25, -0.2) is 4.39 Å². The minimum Gasteiger partial charge on any atom is -0.207 e. The second-order valence-electron chi connectivity index (χ2n) is 7.24. The minimum absolute atomic E-state index is 0.0951. The third-order valence-electron chi connectivity index (χ3n) is 5.69. The van der Waals surface area contributed by atoms with Crippen molar-refractivity contribution in [3.8, 4) is 0 Å². The molecule has 2 aromatic rings. The van der Waals surface area contributed by atoms with Gasteiger partial charge >= 0.3 is 0 Å². The lowest BCUT2D eigenvalue weighted by molar-refractivity contribution is 0.265. The maximum Gasteiger partial charge on any atom is 0.123 e. The third-order valence-corrected chi connectivity index (χ3v) is 5.69. The normalized spacial score (nSPS) is 30.2. The van der Waals surface area contributed by atoms with Crippen molar-refractivity contribution in [1.82, 2.24) is 0 Å². The summed E-state index contributed by atoms with van der Waals surface area (Å²) in [5, 5.41) is 0. The molecule has 1 heteroatoms. The van der Waals surface area contributed by atoms with Crippen molar-refractivity contribution in [2.45, 2.75) is 44.9 Å². The van der Waals surface area contributed by atoms with Crippen LogP contribution in [0.15, 0.2) is 42.5 Å². The lowest BCUT2D eigenvalue weighted by Crippen LogP contribution is -2.24. The standard InChI is InChI=1S/C20H21F/c1-13-9-19-18-8-7-16(21)10-15(18)12-20(19,2)11-14-5-3-4-6-17(13)14/h3-8,10,13,19H,9,11-12H2,1-2H3. The number of benzene rings is 2. The molecule has 0 nitrogen and oxygen atoms in total. The highest BCUT2D eigenvalue weighted by atomic mass is 19.1. The van der Waals surface area contributed by atoms with E-state index in [1.165, 1.54) is 28.7 Å². The summed E-state index contributed by atoms with van der Waals surface area (Å²) in [4.78, 5) is 0. The molecule has 108 valence electrons. The van der Waals surface area contributed by atoms with Crippen LogP contribution in [0.3, 0.4) is 0 Å². The summed E-state index contributed by atoms with van der Waals surface area (Å²) in [6, 6.07) is 14.3. The van der Waals surface area contributed by atoms with Crippen LogP contribution in [-0.2, 0) is 12.8 Å². The van der Waals surface area contributed by atoms with Gasteiger partial charge in [0.1, 0.15) is 5.82 Å². The van der Waals surface area contributed by atoms with Gasteiger partial charge in [0.15, 0.2) is 0 Å². The molecule has 2 aliphatic carbocycles. The van der Waals surface area contributed by atoms with E-state index in [4.69, 9.17) is 0 Å². The number of fused-ring (bicyclic) bond motifs is 4. The monoisotopic (exact) mass is 280 g/mol. The van der Waals surface area contributed by atoms with E-state index in [1.807, 2.05) is 6.07 Å². The van der Waals surface area contributed by atoms with Crippen LogP contribution in [0, 0.1) is 11.2 Å². The largest absolute Gasteiger partial charge is 0.207 e. The first-order chi connectivity index (χ1) is 10.1. The fourth-order valence-electron chi connectivity index (χ4n) is 4.69. The molecule has 4 rings (SSSR count). The molecule has 0 fully saturated rings. The predicted molar refractivity (Wildman–Crippen MR) is 84.1 cm³/mol. The lowest BCUT2D eigenvalue weighted by Gasteiger charge is -2.31. The van der Waals surface area contributed by atoms with E-state index in [-0.39, 0.29) is 11.2 Å². The number of hydrogen-bond donors (Lipinski definition) is 0. The average molecular weight is 280 g/mol. The molecule has 0 bridgehead atoms. The van der Waals surface area contributed by atoms with Crippen LogP contribution >= 0.6 is 0 Å². The van der Waals surface area contributed by atoms with Crippen LogP contribution in [0.25, 0.3) is 0 Å². The molecule has 0 aliphatic heterocycles. The second kappa shape index (κ2) is 4.43. The molecular weight excluding hydrogens is 259 g/mol. The average Bonchev–Trinajstić information content (AvgIpc) is 2.64. The highest BCUT2D eigenvalue weighted by molar-refractivity contribution is 5.43. The van der Waals surface area contributed by atoms with Crippen molar-refractivity contribution in [2.24, 2.45) is 5.41 Å². The van der Waals surface area contributed by atoms with E-state index < -0.39 is 0 Å². The van der Waals surface area contributed by atoms with Crippen LogP contribution in [0.2, 0.25) is 0 Å². The zero-order chi connectivity index (χ0) is 14.6. The molecule has 0 N–H and O–H groups in total. The SMILES string of the molecule is CC1CC2c3ccc(F)cc3CC2(C)Cc2ccccc21. The van der Waals surface area contributed by atoms with Gasteiger partial charge in [0.2, 0.25) is 0 Å². The van der Waals surface area contributed by atoms with Crippen LogP contribution in [0.4, 0.5) is 4.39 Å². The van der Waals surface area contributed by atoms with Crippen LogP contribution in [0.1, 0.15) is 54.4 Å². The van der Waals surface area contributed by atoms with Crippen molar-refractivity contribution >= 4 is 0 Å². The Morgan fingerprint density at radius 1 is 1.00 bits per heavy atom. The molecule has 0 heterocycles. The summed E-state index contributed by atoms with van der Waals surface area (Å²) in [6.07, 6.45) is 3.28. The Labute approximate surface area is 126 Å². The van der Waals surface area contributed by atoms with E-state index in [0.29, 0.717) is 11.8 Å². The van der Waals surface area contributed by atoms with E-state index in [2.05, 4.69) is 38.1 Å². The number of rotatable bonds is 0. The fraction of sp³-hybridized carbons (Fsp3) is 0.400. The van der Waals surface area contributed by atoms with Gasteiger partial charge in [-0.15, -0.1) is 0 Å². The summed E-state index contributed by atoms with van der Waals surface area (Å²) in [5.74, 6) is 1.03. The maximum absolute atomic E-state index is 13.6. The zero-order valence-electron chi connectivity index (χ0n) is 12.7. The number of hydrogen-bond acceptors (Lipinski definition) is 0. The first-order valence-corrected chi connectivity index (χ1v) is 7.93.